The monoisotopic (exact) mass is 233 g/mol. The van der Waals surface area contributed by atoms with Crippen molar-refractivity contribution in [3.05, 3.63) is 17.8 Å². The van der Waals surface area contributed by atoms with Gasteiger partial charge in [0.15, 0.2) is 0 Å². The van der Waals surface area contributed by atoms with Gasteiger partial charge in [-0.2, -0.15) is 0 Å². The summed E-state index contributed by atoms with van der Waals surface area (Å²) in [6.45, 7) is 3.84. The molecule has 0 aromatic carbocycles. The molecule has 1 saturated heterocycles. The molecular weight excluding hydrogens is 214 g/mol. The van der Waals surface area contributed by atoms with Crippen molar-refractivity contribution in [2.45, 2.75) is 38.3 Å². The second kappa shape index (κ2) is 4.18. The number of hydrogen-bond acceptors (Lipinski definition) is 4. The van der Waals surface area contributed by atoms with Gasteiger partial charge in [0, 0.05) is 6.54 Å². The van der Waals surface area contributed by atoms with Crippen molar-refractivity contribution < 1.29 is 4.74 Å². The molecule has 0 spiro atoms. The highest BCUT2D eigenvalue weighted by atomic mass is 16.5. The van der Waals surface area contributed by atoms with Crippen molar-refractivity contribution in [2.75, 3.05) is 23.8 Å². The van der Waals surface area contributed by atoms with Crippen LogP contribution in [0.2, 0.25) is 0 Å². The van der Waals surface area contributed by atoms with Gasteiger partial charge in [0.25, 0.3) is 0 Å². The van der Waals surface area contributed by atoms with Crippen LogP contribution < -0.4 is 10.6 Å². The summed E-state index contributed by atoms with van der Waals surface area (Å²) < 4.78 is 5.82. The third kappa shape index (κ3) is 1.86. The van der Waals surface area contributed by atoms with Gasteiger partial charge in [-0.3, -0.25) is 0 Å². The van der Waals surface area contributed by atoms with E-state index in [1.165, 1.54) is 19.3 Å². The lowest BCUT2D eigenvalue weighted by Gasteiger charge is -2.39. The molecule has 4 nitrogen and oxygen atoms in total. The highest BCUT2D eigenvalue weighted by Crippen LogP contribution is 2.33. The third-order valence-corrected chi connectivity index (χ3v) is 3.83. The van der Waals surface area contributed by atoms with Crippen molar-refractivity contribution in [3.8, 4) is 0 Å². The summed E-state index contributed by atoms with van der Waals surface area (Å²) >= 11 is 0. The normalized spacial score (nSPS) is 28.2. The van der Waals surface area contributed by atoms with Crippen molar-refractivity contribution in [3.63, 3.8) is 0 Å². The van der Waals surface area contributed by atoms with Crippen LogP contribution in [-0.2, 0) is 4.74 Å². The van der Waals surface area contributed by atoms with Crippen molar-refractivity contribution in [1.82, 2.24) is 4.98 Å². The third-order valence-electron chi connectivity index (χ3n) is 3.83. The SMILES string of the molecule is Cc1cc(N)cnc1N1CCOC2CCCC21. The van der Waals surface area contributed by atoms with Gasteiger partial charge in [-0.1, -0.05) is 0 Å². The van der Waals surface area contributed by atoms with Gasteiger partial charge in [0.1, 0.15) is 5.82 Å². The Morgan fingerprint density at radius 3 is 3.18 bits per heavy atom. The fourth-order valence-electron chi connectivity index (χ4n) is 3.08. The average Bonchev–Trinajstić information content (AvgIpc) is 2.77. The fourth-order valence-corrected chi connectivity index (χ4v) is 3.08. The average molecular weight is 233 g/mol. The molecule has 1 aromatic heterocycles. The van der Waals surface area contributed by atoms with Gasteiger partial charge in [-0.15, -0.1) is 0 Å². The summed E-state index contributed by atoms with van der Waals surface area (Å²) in [6.07, 6.45) is 5.83. The number of pyridine rings is 1. The molecule has 17 heavy (non-hydrogen) atoms. The molecule has 4 heteroatoms. The zero-order valence-corrected chi connectivity index (χ0v) is 10.2. The van der Waals surface area contributed by atoms with Gasteiger partial charge in [-0.25, -0.2) is 4.98 Å². The Morgan fingerprint density at radius 1 is 1.47 bits per heavy atom. The van der Waals surface area contributed by atoms with Crippen LogP contribution >= 0.6 is 0 Å². The van der Waals surface area contributed by atoms with E-state index in [1.807, 2.05) is 6.07 Å². The molecule has 0 amide bonds. The molecular formula is C13H19N3O. The first kappa shape index (κ1) is 10.8. The van der Waals surface area contributed by atoms with Crippen LogP contribution in [0.15, 0.2) is 12.3 Å². The van der Waals surface area contributed by atoms with Crippen LogP contribution in [0, 0.1) is 6.92 Å². The lowest BCUT2D eigenvalue weighted by Crippen LogP contribution is -2.49. The van der Waals surface area contributed by atoms with Gasteiger partial charge in [0.05, 0.1) is 30.6 Å². The van der Waals surface area contributed by atoms with Crippen LogP contribution in [0.1, 0.15) is 24.8 Å². The first-order valence-electron chi connectivity index (χ1n) is 6.36. The second-order valence-electron chi connectivity index (χ2n) is 5.01. The molecule has 3 rings (SSSR count). The fraction of sp³-hybridized carbons (Fsp3) is 0.615. The molecule has 2 fully saturated rings. The maximum atomic E-state index is 5.82. The van der Waals surface area contributed by atoms with E-state index in [0.717, 1.165) is 30.2 Å². The lowest BCUT2D eigenvalue weighted by molar-refractivity contribution is 0.0253. The number of morpholine rings is 1. The molecule has 1 saturated carbocycles. The lowest BCUT2D eigenvalue weighted by atomic mass is 10.1. The van der Waals surface area contributed by atoms with E-state index < -0.39 is 0 Å². The molecule has 1 aromatic rings. The minimum Gasteiger partial charge on any atom is -0.397 e. The van der Waals surface area contributed by atoms with Crippen molar-refractivity contribution in [1.29, 1.82) is 0 Å². The smallest absolute Gasteiger partial charge is 0.132 e. The number of aryl methyl sites for hydroxylation is 1. The number of anilines is 2. The summed E-state index contributed by atoms with van der Waals surface area (Å²) in [7, 11) is 0. The van der Waals surface area contributed by atoms with Crippen LogP contribution in [0.25, 0.3) is 0 Å². The quantitative estimate of drug-likeness (QED) is 0.802. The van der Waals surface area contributed by atoms with E-state index in [-0.39, 0.29) is 0 Å². The Labute approximate surface area is 102 Å². The summed E-state index contributed by atoms with van der Waals surface area (Å²) in [5.74, 6) is 1.08. The number of ether oxygens (including phenoxy) is 1. The standard InChI is InChI=1S/C13H19N3O/c1-9-7-10(14)8-15-13(9)16-5-6-17-12-4-2-3-11(12)16/h7-8,11-12H,2-6,14H2,1H3. The molecule has 92 valence electrons. The predicted molar refractivity (Wildman–Crippen MR) is 68.1 cm³/mol. The topological polar surface area (TPSA) is 51.4 Å². The minimum absolute atomic E-state index is 0.405. The molecule has 2 unspecified atom stereocenters. The van der Waals surface area contributed by atoms with Crippen LogP contribution in [-0.4, -0.2) is 30.3 Å². The van der Waals surface area contributed by atoms with Gasteiger partial charge in [0.2, 0.25) is 0 Å². The highest BCUT2D eigenvalue weighted by Gasteiger charge is 2.37. The molecule has 2 N–H and O–H groups in total. The molecule has 2 heterocycles. The molecule has 1 aliphatic carbocycles. The molecule has 1 aliphatic heterocycles. The van der Waals surface area contributed by atoms with E-state index in [2.05, 4.69) is 16.8 Å². The molecule has 0 radical (unpaired) electrons. The van der Waals surface area contributed by atoms with Gasteiger partial charge in [-0.05, 0) is 37.8 Å². The maximum Gasteiger partial charge on any atom is 0.132 e. The van der Waals surface area contributed by atoms with Crippen LogP contribution in [0.5, 0.6) is 0 Å². The Hall–Kier alpha value is -1.29. The Balaban J connectivity index is 1.91. The molecule has 2 aliphatic rings. The highest BCUT2D eigenvalue weighted by molar-refractivity contribution is 5.53. The van der Waals surface area contributed by atoms with E-state index >= 15 is 0 Å². The summed E-state index contributed by atoms with van der Waals surface area (Å²) in [5, 5.41) is 0. The summed E-state index contributed by atoms with van der Waals surface area (Å²) in [5.41, 5.74) is 7.66. The number of nitrogens with two attached hydrogens (primary N) is 1. The number of nitrogens with zero attached hydrogens (tertiary/aromatic N) is 2. The zero-order valence-electron chi connectivity index (χ0n) is 10.2. The second-order valence-corrected chi connectivity index (χ2v) is 5.01. The number of nitrogen functional groups attached to an aromatic ring is 1. The number of rotatable bonds is 1. The first-order valence-corrected chi connectivity index (χ1v) is 6.36. The van der Waals surface area contributed by atoms with Crippen LogP contribution in [0.3, 0.4) is 0 Å². The first-order chi connectivity index (χ1) is 8.25. The number of fused-ring (bicyclic) bond motifs is 1. The van der Waals surface area contributed by atoms with E-state index in [4.69, 9.17) is 10.5 Å². The minimum atomic E-state index is 0.405. The van der Waals surface area contributed by atoms with E-state index in [0.29, 0.717) is 12.1 Å². The van der Waals surface area contributed by atoms with Crippen molar-refractivity contribution in [2.24, 2.45) is 0 Å². The van der Waals surface area contributed by atoms with Crippen molar-refractivity contribution >= 4 is 11.5 Å². The predicted octanol–water partition coefficient (Wildman–Crippen LogP) is 1.73. The molecule has 2 atom stereocenters. The van der Waals surface area contributed by atoms with Gasteiger partial charge >= 0.3 is 0 Å². The number of hydrogen-bond donors (Lipinski definition) is 1. The summed E-state index contributed by atoms with van der Waals surface area (Å²) in [4.78, 5) is 6.92. The van der Waals surface area contributed by atoms with E-state index in [9.17, 15) is 0 Å². The Kier molecular flexibility index (Phi) is 2.67. The summed E-state index contributed by atoms with van der Waals surface area (Å²) in [6, 6.07) is 2.51. The Morgan fingerprint density at radius 2 is 2.35 bits per heavy atom. The zero-order chi connectivity index (χ0) is 11.8. The maximum absolute atomic E-state index is 5.82. The number of aromatic nitrogens is 1. The molecule has 0 bridgehead atoms. The van der Waals surface area contributed by atoms with E-state index in [1.54, 1.807) is 6.20 Å². The van der Waals surface area contributed by atoms with Gasteiger partial charge < -0.3 is 15.4 Å². The largest absolute Gasteiger partial charge is 0.397 e. The Bertz CT molecular complexity index is 421. The van der Waals surface area contributed by atoms with Crippen LogP contribution in [0.4, 0.5) is 11.5 Å².